The lowest BCUT2D eigenvalue weighted by atomic mass is 9.95. The molecule has 0 aliphatic heterocycles. The molecule has 0 atom stereocenters. The van der Waals surface area contributed by atoms with Gasteiger partial charge >= 0.3 is 6.18 Å². The second-order valence-electron chi connectivity index (χ2n) is 19.4. The summed E-state index contributed by atoms with van der Waals surface area (Å²) in [7, 11) is 0. The number of aryl methyl sites for hydroxylation is 4. The molecule has 2 heterocycles. The molecule has 7 heteroatoms. The Labute approximate surface area is 426 Å². The van der Waals surface area contributed by atoms with Gasteiger partial charge in [-0.1, -0.05) is 180 Å². The maximum absolute atomic E-state index is 14.7. The Morgan fingerprint density at radius 2 is 0.757 bits per heavy atom. The van der Waals surface area contributed by atoms with Gasteiger partial charge in [0.15, 0.2) is 5.69 Å². The number of rotatable bonds is 7. The van der Waals surface area contributed by atoms with Gasteiger partial charge in [0.05, 0.1) is 51.6 Å². The lowest BCUT2D eigenvalue weighted by Gasteiger charge is -2.22. The SMILES string of the molecule is [C-]#[N+]c1cc(C(F)(F)F)ccc1-c1c(-n2c3cc(-c4cccc(C)c4)ccc3c3ccc(-c4cccc(C)c4)cc32)cc(C#N)cc1-n1c2cc(-c3cccc(C)c3)ccc2c2ccc(-c3cccc(C)c3)cc21. The molecule has 0 amide bonds. The first kappa shape index (κ1) is 45.7. The summed E-state index contributed by atoms with van der Waals surface area (Å²) in [5, 5.41) is 15.0. The maximum Gasteiger partial charge on any atom is 0.415 e. The van der Waals surface area contributed by atoms with Crippen molar-refractivity contribution in [1.29, 1.82) is 5.26 Å². The lowest BCUT2D eigenvalue weighted by Crippen LogP contribution is -2.07. The van der Waals surface area contributed by atoms with Crippen LogP contribution in [0.1, 0.15) is 33.4 Å². The lowest BCUT2D eigenvalue weighted by molar-refractivity contribution is -0.137. The Kier molecular flexibility index (Phi) is 10.9. The zero-order valence-corrected chi connectivity index (χ0v) is 41.0. The molecular weight excluding hydrogens is 918 g/mol. The van der Waals surface area contributed by atoms with Crippen LogP contribution >= 0.6 is 0 Å². The van der Waals surface area contributed by atoms with Gasteiger partial charge in [0.25, 0.3) is 0 Å². The fraction of sp³-hybridized carbons (Fsp3) is 0.0746. The number of aromatic nitrogens is 2. The fourth-order valence-corrected chi connectivity index (χ4v) is 10.9. The summed E-state index contributed by atoms with van der Waals surface area (Å²) < 4.78 is 48.4. The Hall–Kier alpha value is -9.43. The molecular formula is C67H45F3N4. The molecule has 0 saturated carbocycles. The maximum atomic E-state index is 14.7. The van der Waals surface area contributed by atoms with Crippen LogP contribution in [-0.4, -0.2) is 9.13 Å². The minimum Gasteiger partial charge on any atom is -0.309 e. The van der Waals surface area contributed by atoms with Crippen LogP contribution in [0.4, 0.5) is 18.9 Å². The number of halogens is 3. The van der Waals surface area contributed by atoms with E-state index in [1.165, 1.54) is 6.07 Å². The third-order valence-electron chi connectivity index (χ3n) is 14.4. The van der Waals surface area contributed by atoms with Gasteiger partial charge in [-0.3, -0.25) is 0 Å². The molecule has 0 aliphatic rings. The summed E-state index contributed by atoms with van der Waals surface area (Å²) >= 11 is 0. The number of alkyl halides is 3. The molecule has 0 fully saturated rings. The molecule has 12 aromatic rings. The van der Waals surface area contributed by atoms with Crippen LogP contribution < -0.4 is 0 Å². The van der Waals surface area contributed by atoms with Crippen molar-refractivity contribution >= 4 is 49.3 Å². The van der Waals surface area contributed by atoms with E-state index in [4.69, 9.17) is 6.57 Å². The van der Waals surface area contributed by atoms with Crippen LogP contribution in [0.5, 0.6) is 0 Å². The average Bonchev–Trinajstić information content (AvgIpc) is 3.92. The van der Waals surface area contributed by atoms with Gasteiger partial charge in [-0.15, -0.1) is 0 Å². The molecule has 4 nitrogen and oxygen atoms in total. The Balaban J connectivity index is 1.28. The van der Waals surface area contributed by atoms with Crippen molar-refractivity contribution in [2.75, 3.05) is 0 Å². The number of hydrogen-bond donors (Lipinski definition) is 0. The predicted molar refractivity (Wildman–Crippen MR) is 297 cm³/mol. The summed E-state index contributed by atoms with van der Waals surface area (Å²) in [5.74, 6) is 0. The van der Waals surface area contributed by atoms with Gasteiger partial charge in [-0.2, -0.15) is 18.4 Å². The van der Waals surface area contributed by atoms with E-state index < -0.39 is 11.7 Å². The van der Waals surface area contributed by atoms with Crippen LogP contribution in [0.2, 0.25) is 0 Å². The highest BCUT2D eigenvalue weighted by Crippen LogP contribution is 2.48. The van der Waals surface area contributed by atoms with E-state index in [0.29, 0.717) is 28.1 Å². The van der Waals surface area contributed by atoms with Crippen molar-refractivity contribution in [3.05, 3.63) is 245 Å². The monoisotopic (exact) mass is 962 g/mol. The molecule has 0 radical (unpaired) electrons. The summed E-state index contributed by atoms with van der Waals surface area (Å²) in [4.78, 5) is 3.87. The first-order valence-electron chi connectivity index (χ1n) is 24.5. The number of nitrogens with zero attached hydrogens (tertiary/aromatic N) is 4. The Morgan fingerprint density at radius 1 is 0.419 bits per heavy atom. The second-order valence-corrected chi connectivity index (χ2v) is 19.4. The van der Waals surface area contributed by atoms with E-state index in [-0.39, 0.29) is 5.69 Å². The van der Waals surface area contributed by atoms with E-state index in [1.807, 2.05) is 36.4 Å². The zero-order valence-electron chi connectivity index (χ0n) is 41.0. The van der Waals surface area contributed by atoms with Gasteiger partial charge in [0.1, 0.15) is 0 Å². The molecule has 0 saturated heterocycles. The largest absolute Gasteiger partial charge is 0.415 e. The molecule has 0 bridgehead atoms. The smallest absolute Gasteiger partial charge is 0.309 e. The van der Waals surface area contributed by atoms with E-state index in [9.17, 15) is 18.4 Å². The minimum atomic E-state index is -4.70. The van der Waals surface area contributed by atoms with Gasteiger partial charge in [-0.05, 0) is 120 Å². The topological polar surface area (TPSA) is 38.0 Å². The Morgan fingerprint density at radius 3 is 1.05 bits per heavy atom. The quantitative estimate of drug-likeness (QED) is 0.147. The molecule has 354 valence electrons. The van der Waals surface area contributed by atoms with Crippen LogP contribution in [0, 0.1) is 45.6 Å². The summed E-state index contributed by atoms with van der Waals surface area (Å²) in [5.41, 5.74) is 16.8. The third-order valence-corrected chi connectivity index (χ3v) is 14.4. The number of nitriles is 1. The number of hydrogen-bond acceptors (Lipinski definition) is 1. The molecule has 0 unspecified atom stereocenters. The standard InChI is InChI=1S/C67H45F3N4/c1-40-10-6-14-45(28-40)49-18-23-54-55-24-19-50(46-15-7-11-41(2)29-46)35-61(55)73(60(54)34-49)64-32-44(39-71)33-65(66(64)58-27-22-53(67(68,69)70)38-59(58)72-5)74-62-36-51(47-16-8-12-42(3)30-47)20-25-56(62)57-26-21-52(37-63(57)74)48-17-9-13-43(4)31-48/h6-38H,1-4H3. The highest BCUT2D eigenvalue weighted by molar-refractivity contribution is 6.14. The molecule has 10 aromatic carbocycles. The van der Waals surface area contributed by atoms with E-state index in [1.54, 1.807) is 0 Å². The molecule has 2 aromatic heterocycles. The van der Waals surface area contributed by atoms with Crippen molar-refractivity contribution < 1.29 is 13.2 Å². The third kappa shape index (κ3) is 7.87. The minimum absolute atomic E-state index is 0.171. The summed E-state index contributed by atoms with van der Waals surface area (Å²) in [6, 6.07) is 68.5. The zero-order chi connectivity index (χ0) is 51.0. The van der Waals surface area contributed by atoms with Crippen LogP contribution in [0.3, 0.4) is 0 Å². The predicted octanol–water partition coefficient (Wildman–Crippen LogP) is 18.9. The van der Waals surface area contributed by atoms with Crippen molar-refractivity contribution in [2.24, 2.45) is 0 Å². The summed E-state index contributed by atoms with van der Waals surface area (Å²) in [6.07, 6.45) is -4.70. The van der Waals surface area contributed by atoms with Crippen molar-refractivity contribution in [2.45, 2.75) is 33.9 Å². The van der Waals surface area contributed by atoms with E-state index in [0.717, 1.165) is 123 Å². The highest BCUT2D eigenvalue weighted by atomic mass is 19.4. The average molecular weight is 963 g/mol. The van der Waals surface area contributed by atoms with Crippen LogP contribution in [0.25, 0.3) is 115 Å². The summed E-state index contributed by atoms with van der Waals surface area (Å²) in [6.45, 7) is 16.8. The molecule has 12 rings (SSSR count). The van der Waals surface area contributed by atoms with Gasteiger partial charge in [0.2, 0.25) is 0 Å². The first-order valence-corrected chi connectivity index (χ1v) is 24.5. The van der Waals surface area contributed by atoms with Gasteiger partial charge in [-0.25, -0.2) is 4.85 Å². The molecule has 0 spiro atoms. The van der Waals surface area contributed by atoms with E-state index in [2.05, 4.69) is 193 Å². The Bertz CT molecular complexity index is 3940. The number of benzene rings is 10. The van der Waals surface area contributed by atoms with E-state index >= 15 is 0 Å². The van der Waals surface area contributed by atoms with Crippen molar-refractivity contribution in [3.63, 3.8) is 0 Å². The fourth-order valence-electron chi connectivity index (χ4n) is 10.9. The number of fused-ring (bicyclic) bond motifs is 6. The molecule has 0 aliphatic carbocycles. The molecule has 74 heavy (non-hydrogen) atoms. The highest BCUT2D eigenvalue weighted by Gasteiger charge is 2.32. The van der Waals surface area contributed by atoms with Gasteiger partial charge in [0, 0.05) is 32.7 Å². The molecule has 0 N–H and O–H groups in total. The van der Waals surface area contributed by atoms with Gasteiger partial charge < -0.3 is 9.13 Å². The normalized spacial score (nSPS) is 11.7. The van der Waals surface area contributed by atoms with Crippen LogP contribution in [-0.2, 0) is 6.18 Å². The second kappa shape index (κ2) is 17.7. The first-order chi connectivity index (χ1) is 35.8. The van der Waals surface area contributed by atoms with Crippen molar-refractivity contribution in [3.8, 4) is 73.1 Å². The van der Waals surface area contributed by atoms with Crippen LogP contribution in [0.15, 0.2) is 200 Å². The van der Waals surface area contributed by atoms with Crippen molar-refractivity contribution in [1.82, 2.24) is 9.13 Å².